The van der Waals surface area contributed by atoms with Gasteiger partial charge in [-0.05, 0) is 25.7 Å². The number of hydrogen-bond donors (Lipinski definition) is 2. The molecule has 92 valence electrons. The first-order valence-electron chi connectivity index (χ1n) is 5.77. The lowest BCUT2D eigenvalue weighted by Gasteiger charge is -2.23. The van der Waals surface area contributed by atoms with Gasteiger partial charge in [0.15, 0.2) is 0 Å². The first-order chi connectivity index (χ1) is 7.68. The van der Waals surface area contributed by atoms with E-state index >= 15 is 0 Å². The molecular weight excluding hydrogens is 210 g/mol. The van der Waals surface area contributed by atoms with Crippen LogP contribution in [0.3, 0.4) is 0 Å². The number of amides is 1. The third-order valence-corrected chi connectivity index (χ3v) is 2.63. The Balaban J connectivity index is 2.03. The molecular formula is C11H19NO4. The van der Waals surface area contributed by atoms with Gasteiger partial charge in [0.1, 0.15) is 0 Å². The van der Waals surface area contributed by atoms with E-state index in [1.807, 2.05) is 0 Å². The van der Waals surface area contributed by atoms with Crippen molar-refractivity contribution in [1.29, 1.82) is 0 Å². The van der Waals surface area contributed by atoms with Gasteiger partial charge in [-0.2, -0.15) is 0 Å². The zero-order chi connectivity index (χ0) is 11.8. The number of ether oxygens (including phenoxy) is 1. The number of carbonyl (C=O) groups excluding carboxylic acids is 1. The average molecular weight is 229 g/mol. The number of carboxylic acids is 1. The standard InChI is InChI=1S/C11H19NO4/c13-10(3-1-2-4-11(14)15)12-9-5-7-16-8-6-9/h9H,1-8H2,(H,12,13)(H,14,15). The van der Waals surface area contributed by atoms with Crippen molar-refractivity contribution in [1.82, 2.24) is 5.32 Å². The number of unbranched alkanes of at least 4 members (excludes halogenated alkanes) is 1. The number of rotatable bonds is 6. The van der Waals surface area contributed by atoms with Crippen LogP contribution in [-0.2, 0) is 14.3 Å². The lowest BCUT2D eigenvalue weighted by molar-refractivity contribution is -0.137. The zero-order valence-electron chi connectivity index (χ0n) is 9.41. The minimum absolute atomic E-state index is 0.0253. The summed E-state index contributed by atoms with van der Waals surface area (Å²) in [5.41, 5.74) is 0. The summed E-state index contributed by atoms with van der Waals surface area (Å²) in [5.74, 6) is -0.776. The van der Waals surface area contributed by atoms with Crippen LogP contribution in [0.25, 0.3) is 0 Å². The predicted molar refractivity (Wildman–Crippen MR) is 58.1 cm³/mol. The molecule has 1 aliphatic rings. The predicted octanol–water partition coefficient (Wildman–Crippen LogP) is 0.927. The van der Waals surface area contributed by atoms with Gasteiger partial charge < -0.3 is 15.2 Å². The first kappa shape index (κ1) is 13.0. The van der Waals surface area contributed by atoms with Gasteiger partial charge in [-0.15, -0.1) is 0 Å². The Morgan fingerprint density at radius 1 is 1.19 bits per heavy atom. The third kappa shape index (κ3) is 5.70. The molecule has 16 heavy (non-hydrogen) atoms. The van der Waals surface area contributed by atoms with Crippen LogP contribution in [0.4, 0.5) is 0 Å². The number of hydrogen-bond acceptors (Lipinski definition) is 3. The van der Waals surface area contributed by atoms with E-state index in [0.717, 1.165) is 12.8 Å². The molecule has 1 saturated heterocycles. The van der Waals surface area contributed by atoms with E-state index in [-0.39, 0.29) is 18.4 Å². The van der Waals surface area contributed by atoms with Crippen molar-refractivity contribution in [3.63, 3.8) is 0 Å². The molecule has 1 rings (SSSR count). The van der Waals surface area contributed by atoms with Crippen LogP contribution in [0.2, 0.25) is 0 Å². The Morgan fingerprint density at radius 2 is 1.81 bits per heavy atom. The maximum Gasteiger partial charge on any atom is 0.303 e. The molecule has 0 aromatic rings. The van der Waals surface area contributed by atoms with Gasteiger partial charge in [-0.3, -0.25) is 9.59 Å². The Labute approximate surface area is 95.2 Å². The minimum atomic E-state index is -0.801. The fraction of sp³-hybridized carbons (Fsp3) is 0.818. The number of carbonyl (C=O) groups is 2. The van der Waals surface area contributed by atoms with Crippen molar-refractivity contribution in [3.05, 3.63) is 0 Å². The summed E-state index contributed by atoms with van der Waals surface area (Å²) in [6.45, 7) is 1.42. The van der Waals surface area contributed by atoms with Crippen LogP contribution in [0.1, 0.15) is 38.5 Å². The molecule has 5 heteroatoms. The first-order valence-corrected chi connectivity index (χ1v) is 5.77. The van der Waals surface area contributed by atoms with Crippen LogP contribution in [0, 0.1) is 0 Å². The van der Waals surface area contributed by atoms with Crippen LogP contribution in [0.15, 0.2) is 0 Å². The summed E-state index contributed by atoms with van der Waals surface area (Å²) >= 11 is 0. The van der Waals surface area contributed by atoms with E-state index in [9.17, 15) is 9.59 Å². The van der Waals surface area contributed by atoms with E-state index in [0.29, 0.717) is 32.5 Å². The van der Waals surface area contributed by atoms with Gasteiger partial charge >= 0.3 is 5.97 Å². The molecule has 0 atom stereocenters. The van der Waals surface area contributed by atoms with Crippen molar-refractivity contribution in [2.45, 2.75) is 44.6 Å². The number of carboxylic acid groups (broad SMARTS) is 1. The molecule has 0 bridgehead atoms. The Kier molecular flexibility index (Phi) is 5.85. The highest BCUT2D eigenvalue weighted by Gasteiger charge is 2.15. The van der Waals surface area contributed by atoms with E-state index in [1.165, 1.54) is 0 Å². The fourth-order valence-electron chi connectivity index (χ4n) is 1.70. The molecule has 1 aliphatic heterocycles. The van der Waals surface area contributed by atoms with Gasteiger partial charge in [-0.25, -0.2) is 0 Å². The smallest absolute Gasteiger partial charge is 0.303 e. The summed E-state index contributed by atoms with van der Waals surface area (Å²) < 4.78 is 5.19. The second-order valence-electron chi connectivity index (χ2n) is 4.06. The van der Waals surface area contributed by atoms with E-state index in [4.69, 9.17) is 9.84 Å². The molecule has 0 spiro atoms. The maximum atomic E-state index is 11.5. The van der Waals surface area contributed by atoms with E-state index in [2.05, 4.69) is 5.32 Å². The molecule has 0 aliphatic carbocycles. The largest absolute Gasteiger partial charge is 0.481 e. The molecule has 1 amide bonds. The molecule has 0 aromatic carbocycles. The molecule has 0 saturated carbocycles. The van der Waals surface area contributed by atoms with Gasteiger partial charge in [0.05, 0.1) is 0 Å². The van der Waals surface area contributed by atoms with E-state index < -0.39 is 5.97 Å². The van der Waals surface area contributed by atoms with Crippen LogP contribution in [-0.4, -0.2) is 36.2 Å². The monoisotopic (exact) mass is 229 g/mol. The highest BCUT2D eigenvalue weighted by molar-refractivity contribution is 5.76. The summed E-state index contributed by atoms with van der Waals surface area (Å²) in [6.07, 6.45) is 3.52. The fourth-order valence-corrected chi connectivity index (χ4v) is 1.70. The summed E-state index contributed by atoms with van der Waals surface area (Å²) in [6, 6.07) is 0.237. The SMILES string of the molecule is O=C(O)CCCCC(=O)NC1CCOCC1. The average Bonchev–Trinajstić information content (AvgIpc) is 2.25. The van der Waals surface area contributed by atoms with Gasteiger partial charge in [0.2, 0.25) is 5.91 Å². The van der Waals surface area contributed by atoms with Gasteiger partial charge in [-0.1, -0.05) is 0 Å². The van der Waals surface area contributed by atoms with Gasteiger partial charge in [0.25, 0.3) is 0 Å². The highest BCUT2D eigenvalue weighted by atomic mass is 16.5. The van der Waals surface area contributed by atoms with E-state index in [1.54, 1.807) is 0 Å². The molecule has 0 unspecified atom stereocenters. The van der Waals surface area contributed by atoms with Crippen molar-refractivity contribution in [3.8, 4) is 0 Å². The highest BCUT2D eigenvalue weighted by Crippen LogP contribution is 2.07. The second kappa shape index (κ2) is 7.22. The quantitative estimate of drug-likeness (QED) is 0.664. The molecule has 2 N–H and O–H groups in total. The molecule has 0 radical (unpaired) electrons. The Bertz CT molecular complexity index is 236. The minimum Gasteiger partial charge on any atom is -0.481 e. The van der Waals surface area contributed by atoms with Crippen molar-refractivity contribution >= 4 is 11.9 Å². The maximum absolute atomic E-state index is 11.5. The topological polar surface area (TPSA) is 75.6 Å². The lowest BCUT2D eigenvalue weighted by atomic mass is 10.1. The number of nitrogens with one attached hydrogen (secondary N) is 1. The van der Waals surface area contributed by atoms with Crippen molar-refractivity contribution in [2.24, 2.45) is 0 Å². The Morgan fingerprint density at radius 3 is 2.44 bits per heavy atom. The molecule has 1 heterocycles. The second-order valence-corrected chi connectivity index (χ2v) is 4.06. The van der Waals surface area contributed by atoms with Crippen LogP contribution < -0.4 is 5.32 Å². The van der Waals surface area contributed by atoms with Crippen LogP contribution >= 0.6 is 0 Å². The molecule has 0 aromatic heterocycles. The molecule has 1 fully saturated rings. The zero-order valence-corrected chi connectivity index (χ0v) is 9.41. The Hall–Kier alpha value is -1.10. The normalized spacial score (nSPS) is 17.0. The number of aliphatic carboxylic acids is 1. The third-order valence-electron chi connectivity index (χ3n) is 2.63. The van der Waals surface area contributed by atoms with Crippen molar-refractivity contribution < 1.29 is 19.4 Å². The summed E-state index contributed by atoms with van der Waals surface area (Å²) in [4.78, 5) is 21.7. The summed E-state index contributed by atoms with van der Waals surface area (Å²) in [7, 11) is 0. The molecule has 5 nitrogen and oxygen atoms in total. The van der Waals surface area contributed by atoms with Crippen LogP contribution in [0.5, 0.6) is 0 Å². The van der Waals surface area contributed by atoms with Crippen molar-refractivity contribution in [2.75, 3.05) is 13.2 Å². The summed E-state index contributed by atoms with van der Waals surface area (Å²) in [5, 5.41) is 11.4. The van der Waals surface area contributed by atoms with Gasteiger partial charge in [0, 0.05) is 32.1 Å². The lowest BCUT2D eigenvalue weighted by Crippen LogP contribution is -2.38.